The van der Waals surface area contributed by atoms with Gasteiger partial charge in [-0.05, 0) is 43.4 Å². The summed E-state index contributed by atoms with van der Waals surface area (Å²) < 4.78 is 18.8. The molecule has 1 saturated heterocycles. The Balaban J connectivity index is 2.09. The third kappa shape index (κ3) is 3.79. The number of alkyl halides is 2. The second-order valence-corrected chi connectivity index (χ2v) is 6.35. The van der Waals surface area contributed by atoms with Gasteiger partial charge in [-0.3, -0.25) is 0 Å². The van der Waals surface area contributed by atoms with Crippen LogP contribution in [0.4, 0.5) is 4.39 Å². The highest BCUT2D eigenvalue weighted by Crippen LogP contribution is 2.35. The van der Waals surface area contributed by atoms with Crippen LogP contribution in [0.1, 0.15) is 31.2 Å². The van der Waals surface area contributed by atoms with E-state index in [1.54, 1.807) is 12.1 Å². The van der Waals surface area contributed by atoms with Gasteiger partial charge >= 0.3 is 0 Å². The molecule has 1 unspecified atom stereocenters. The Morgan fingerprint density at radius 3 is 2.42 bits per heavy atom. The predicted molar refractivity (Wildman–Crippen MR) is 83.9 cm³/mol. The molecule has 0 aliphatic carbocycles. The zero-order valence-corrected chi connectivity index (χ0v) is 14.1. The van der Waals surface area contributed by atoms with Gasteiger partial charge in [0.25, 0.3) is 0 Å². The van der Waals surface area contributed by atoms with Crippen LogP contribution in [-0.4, -0.2) is 23.4 Å². The maximum atomic E-state index is 13.1. The summed E-state index contributed by atoms with van der Waals surface area (Å²) in [5.41, 5.74) is 1.19. The topological polar surface area (TPSA) is 9.23 Å². The molecule has 1 aliphatic heterocycles. The number of hydrogen-bond donors (Lipinski definition) is 0. The van der Waals surface area contributed by atoms with Crippen molar-refractivity contribution in [2.45, 2.75) is 37.2 Å². The van der Waals surface area contributed by atoms with Gasteiger partial charge in [0.2, 0.25) is 0 Å². The van der Waals surface area contributed by atoms with Gasteiger partial charge < -0.3 is 4.74 Å². The fourth-order valence-electron chi connectivity index (χ4n) is 2.58. The Morgan fingerprint density at radius 2 is 1.89 bits per heavy atom. The van der Waals surface area contributed by atoms with Crippen molar-refractivity contribution in [2.75, 3.05) is 17.3 Å². The summed E-state index contributed by atoms with van der Waals surface area (Å²) in [6.07, 6.45) is 4.85. The largest absolute Gasteiger partial charge is 0.378 e. The van der Waals surface area contributed by atoms with Crippen LogP contribution in [0.25, 0.3) is 0 Å². The van der Waals surface area contributed by atoms with Crippen LogP contribution in [0.2, 0.25) is 0 Å². The lowest BCUT2D eigenvalue weighted by Gasteiger charge is -2.31. The van der Waals surface area contributed by atoms with E-state index in [-0.39, 0.29) is 11.2 Å². The number of halogens is 3. The summed E-state index contributed by atoms with van der Waals surface area (Å²) in [5.74, 6) is -0.180. The quantitative estimate of drug-likeness (QED) is 0.630. The van der Waals surface area contributed by atoms with E-state index in [9.17, 15) is 4.39 Å². The maximum Gasteiger partial charge on any atom is 0.123 e. The molecule has 1 nitrogen and oxygen atoms in total. The molecule has 2 rings (SSSR count). The molecule has 1 fully saturated rings. The van der Waals surface area contributed by atoms with Gasteiger partial charge in [0.05, 0.1) is 6.10 Å². The Kier molecular flexibility index (Phi) is 5.85. The van der Waals surface area contributed by atoms with E-state index >= 15 is 0 Å². The first kappa shape index (κ1) is 15.5. The van der Waals surface area contributed by atoms with Crippen molar-refractivity contribution < 1.29 is 9.13 Å². The standard InChI is InChI=1S/C15H19Br2FO/c16-10-15(11-17,8-7-14-2-1-9-19-14)12-3-5-13(18)6-4-12/h3-6,14H,1-2,7-11H2. The van der Waals surface area contributed by atoms with Crippen LogP contribution in [0.5, 0.6) is 0 Å². The van der Waals surface area contributed by atoms with Gasteiger partial charge in [-0.1, -0.05) is 44.0 Å². The molecule has 0 bridgehead atoms. The van der Waals surface area contributed by atoms with E-state index in [0.29, 0.717) is 6.10 Å². The lowest BCUT2D eigenvalue weighted by Crippen LogP contribution is -2.31. The molecule has 4 heteroatoms. The first-order valence-electron chi connectivity index (χ1n) is 6.70. The average Bonchev–Trinajstić information content (AvgIpc) is 2.95. The smallest absolute Gasteiger partial charge is 0.123 e. The third-order valence-electron chi connectivity index (χ3n) is 3.94. The number of hydrogen-bond acceptors (Lipinski definition) is 1. The van der Waals surface area contributed by atoms with Gasteiger partial charge in [0.15, 0.2) is 0 Å². The van der Waals surface area contributed by atoms with Gasteiger partial charge in [-0.15, -0.1) is 0 Å². The summed E-state index contributed by atoms with van der Waals surface area (Å²) in [6, 6.07) is 6.88. The molecule has 0 N–H and O–H groups in total. The third-order valence-corrected chi connectivity index (χ3v) is 6.08. The van der Waals surface area contributed by atoms with Crippen molar-refractivity contribution in [3.05, 3.63) is 35.6 Å². The van der Waals surface area contributed by atoms with E-state index in [1.165, 1.54) is 18.4 Å². The normalized spacial score (nSPS) is 19.8. The van der Waals surface area contributed by atoms with Crippen LogP contribution in [0.15, 0.2) is 24.3 Å². The minimum atomic E-state index is -0.180. The van der Waals surface area contributed by atoms with Gasteiger partial charge in [-0.2, -0.15) is 0 Å². The van der Waals surface area contributed by atoms with Crippen LogP contribution < -0.4 is 0 Å². The fraction of sp³-hybridized carbons (Fsp3) is 0.600. The number of ether oxygens (including phenoxy) is 1. The molecule has 0 amide bonds. The van der Waals surface area contributed by atoms with E-state index in [0.717, 1.165) is 30.1 Å². The van der Waals surface area contributed by atoms with Crippen molar-refractivity contribution >= 4 is 31.9 Å². The Bertz CT molecular complexity index is 384. The van der Waals surface area contributed by atoms with Crippen LogP contribution in [0.3, 0.4) is 0 Å². The first-order valence-corrected chi connectivity index (χ1v) is 8.94. The SMILES string of the molecule is Fc1ccc(C(CBr)(CBr)CCC2CCCO2)cc1. The fourth-order valence-corrected chi connectivity index (χ4v) is 4.72. The van der Waals surface area contributed by atoms with Crippen LogP contribution >= 0.6 is 31.9 Å². The molecule has 1 aromatic carbocycles. The zero-order chi connectivity index (χ0) is 13.7. The second-order valence-electron chi connectivity index (χ2n) is 5.23. The summed E-state index contributed by atoms with van der Waals surface area (Å²) in [4.78, 5) is 0. The van der Waals surface area contributed by atoms with E-state index in [4.69, 9.17) is 4.74 Å². The molecule has 19 heavy (non-hydrogen) atoms. The van der Waals surface area contributed by atoms with Crippen LogP contribution in [-0.2, 0) is 10.2 Å². The van der Waals surface area contributed by atoms with Crippen molar-refractivity contribution in [1.29, 1.82) is 0 Å². The average molecular weight is 394 g/mol. The van der Waals surface area contributed by atoms with Crippen molar-refractivity contribution in [2.24, 2.45) is 0 Å². The number of benzene rings is 1. The van der Waals surface area contributed by atoms with Gasteiger partial charge in [-0.25, -0.2) is 4.39 Å². The molecule has 1 aromatic rings. The highest BCUT2D eigenvalue weighted by atomic mass is 79.9. The van der Waals surface area contributed by atoms with E-state index in [1.807, 2.05) is 12.1 Å². The van der Waals surface area contributed by atoms with Crippen LogP contribution in [0, 0.1) is 5.82 Å². The molecule has 106 valence electrons. The Hall–Kier alpha value is 0.0700. The summed E-state index contributed by atoms with van der Waals surface area (Å²) >= 11 is 7.27. The van der Waals surface area contributed by atoms with E-state index in [2.05, 4.69) is 31.9 Å². The summed E-state index contributed by atoms with van der Waals surface area (Å²) in [6.45, 7) is 0.900. The molecular formula is C15H19Br2FO. The lowest BCUT2D eigenvalue weighted by atomic mass is 9.79. The van der Waals surface area contributed by atoms with Crippen molar-refractivity contribution in [3.8, 4) is 0 Å². The molecule has 1 atom stereocenters. The second kappa shape index (κ2) is 7.19. The highest BCUT2D eigenvalue weighted by molar-refractivity contribution is 9.09. The molecule has 0 radical (unpaired) electrons. The zero-order valence-electron chi connectivity index (χ0n) is 10.9. The highest BCUT2D eigenvalue weighted by Gasteiger charge is 2.31. The Morgan fingerprint density at radius 1 is 1.21 bits per heavy atom. The van der Waals surface area contributed by atoms with Crippen molar-refractivity contribution in [3.63, 3.8) is 0 Å². The Labute approximate surface area is 131 Å². The lowest BCUT2D eigenvalue weighted by molar-refractivity contribution is 0.0979. The minimum absolute atomic E-state index is 0.0135. The van der Waals surface area contributed by atoms with Crippen molar-refractivity contribution in [1.82, 2.24) is 0 Å². The van der Waals surface area contributed by atoms with Gasteiger partial charge in [0, 0.05) is 22.7 Å². The molecule has 1 aliphatic rings. The summed E-state index contributed by atoms with van der Waals surface area (Å²) in [7, 11) is 0. The van der Waals surface area contributed by atoms with Gasteiger partial charge in [0.1, 0.15) is 5.82 Å². The molecule has 0 spiro atoms. The monoisotopic (exact) mass is 392 g/mol. The predicted octanol–water partition coefficient (Wildman–Crippen LogP) is 4.81. The minimum Gasteiger partial charge on any atom is -0.378 e. The molecule has 1 heterocycles. The maximum absolute atomic E-state index is 13.1. The van der Waals surface area contributed by atoms with E-state index < -0.39 is 0 Å². The summed E-state index contributed by atoms with van der Waals surface area (Å²) in [5, 5.41) is 1.73. The molecule has 0 saturated carbocycles. The number of rotatable bonds is 6. The first-order chi connectivity index (χ1) is 9.20. The molecule has 0 aromatic heterocycles. The molecular weight excluding hydrogens is 375 g/mol.